The zero-order chi connectivity index (χ0) is 29.4. The molecule has 2 aromatic heterocycles. The van der Waals surface area contributed by atoms with E-state index in [9.17, 15) is 0 Å². The molecular weight excluding hydrogens is 514 g/mol. The van der Waals surface area contributed by atoms with E-state index >= 15 is 0 Å². The van der Waals surface area contributed by atoms with Crippen LogP contribution in [0.15, 0.2) is 101 Å². The molecule has 214 valence electrons. The van der Waals surface area contributed by atoms with Crippen LogP contribution >= 0.6 is 0 Å². The summed E-state index contributed by atoms with van der Waals surface area (Å²) in [7, 11) is 0. The van der Waals surface area contributed by atoms with Gasteiger partial charge in [0.1, 0.15) is 5.76 Å². The van der Waals surface area contributed by atoms with Crippen molar-refractivity contribution in [1.82, 2.24) is 4.98 Å². The van der Waals surface area contributed by atoms with Gasteiger partial charge in [-0.25, -0.2) is 4.98 Å². The highest BCUT2D eigenvalue weighted by Crippen LogP contribution is 2.43. The minimum absolute atomic E-state index is 0.0437. The van der Waals surface area contributed by atoms with Crippen LogP contribution < -0.4 is 0 Å². The van der Waals surface area contributed by atoms with Gasteiger partial charge in [-0.3, -0.25) is 9.98 Å². The van der Waals surface area contributed by atoms with Crippen LogP contribution in [0.4, 0.5) is 0 Å². The number of allylic oxidation sites excluding steroid dienone is 5. The highest BCUT2D eigenvalue weighted by molar-refractivity contribution is 6.30. The molecule has 0 amide bonds. The predicted molar refractivity (Wildman–Crippen MR) is 177 cm³/mol. The Labute approximate surface area is 250 Å². The summed E-state index contributed by atoms with van der Waals surface area (Å²) >= 11 is 0. The average molecular weight is 556 g/mol. The van der Waals surface area contributed by atoms with Gasteiger partial charge in [0.25, 0.3) is 0 Å². The first kappa shape index (κ1) is 28.1. The Balaban J connectivity index is 1.48. The number of fused-ring (bicyclic) bond motifs is 4. The van der Waals surface area contributed by atoms with Crippen LogP contribution in [0, 0.1) is 13.8 Å². The van der Waals surface area contributed by atoms with Gasteiger partial charge in [0.15, 0.2) is 0 Å². The molecule has 0 bridgehead atoms. The fourth-order valence-corrected chi connectivity index (χ4v) is 7.21. The van der Waals surface area contributed by atoms with Crippen molar-refractivity contribution in [2.24, 2.45) is 9.98 Å². The molecule has 1 aromatic carbocycles. The molecule has 1 saturated carbocycles. The van der Waals surface area contributed by atoms with Gasteiger partial charge in [-0.1, -0.05) is 69.9 Å². The minimum atomic E-state index is 0.0437. The van der Waals surface area contributed by atoms with Crippen LogP contribution in [0.1, 0.15) is 96.9 Å². The topological polar surface area (TPSA) is 50.8 Å². The molecule has 4 heteroatoms. The van der Waals surface area contributed by atoms with E-state index in [-0.39, 0.29) is 12.0 Å². The fourth-order valence-electron chi connectivity index (χ4n) is 7.21. The van der Waals surface area contributed by atoms with E-state index in [1.165, 1.54) is 48.8 Å². The van der Waals surface area contributed by atoms with Crippen LogP contribution in [-0.2, 0) is 0 Å². The van der Waals surface area contributed by atoms with E-state index in [4.69, 9.17) is 14.4 Å². The largest absolute Gasteiger partial charge is 0.437 e. The van der Waals surface area contributed by atoms with Crippen molar-refractivity contribution in [2.45, 2.75) is 83.1 Å². The molecule has 2 unspecified atom stereocenters. The standard InChI is InChI=1S/C38H41N3O/c1-7-26-16-19-31-32-22-28(27-13-11-10-12-14-27)17-20-30(32)33(8-2)41-35(31)21-24(5)39-34(9-3)36(26)37-25(6)29-18-15-23(4)40-38(29)42-37/h7-9,15,17-18,20,22,27,31,35H,1-3,5,10-14,16,19,21H2,4,6H3/b36-26+,39-34-. The summed E-state index contributed by atoms with van der Waals surface area (Å²) in [4.78, 5) is 15.0. The SMILES string of the molecule is C=CC1=NC2CC(=C)/N=C(C=C)\C(c3oc4nc(C)ccc4c3C)=C(\C=C)CCC2c2cc(C3CCCCC3)ccc21. The molecule has 3 aliphatic rings. The van der Waals surface area contributed by atoms with Crippen molar-refractivity contribution >= 4 is 28.1 Å². The number of aliphatic imine (C=N–C) groups is 2. The first-order valence-electron chi connectivity index (χ1n) is 15.4. The zero-order valence-corrected chi connectivity index (χ0v) is 25.1. The van der Waals surface area contributed by atoms with Gasteiger partial charge in [-0.05, 0) is 86.4 Å². The third kappa shape index (κ3) is 5.08. The van der Waals surface area contributed by atoms with Gasteiger partial charge < -0.3 is 4.42 Å². The molecule has 2 aliphatic heterocycles. The predicted octanol–water partition coefficient (Wildman–Crippen LogP) is 9.90. The van der Waals surface area contributed by atoms with Crippen LogP contribution in [-0.4, -0.2) is 22.4 Å². The van der Waals surface area contributed by atoms with E-state index in [0.29, 0.717) is 18.1 Å². The number of aryl methyl sites for hydroxylation is 2. The quantitative estimate of drug-likeness (QED) is 0.314. The molecule has 42 heavy (non-hydrogen) atoms. The lowest BCUT2D eigenvalue weighted by Crippen LogP contribution is -2.27. The molecule has 4 nitrogen and oxygen atoms in total. The second-order valence-electron chi connectivity index (χ2n) is 12.1. The van der Waals surface area contributed by atoms with Crippen molar-refractivity contribution in [3.63, 3.8) is 0 Å². The molecule has 0 spiro atoms. The maximum Gasteiger partial charge on any atom is 0.227 e. The second kappa shape index (κ2) is 11.7. The number of pyridine rings is 1. The van der Waals surface area contributed by atoms with Crippen molar-refractivity contribution in [1.29, 1.82) is 0 Å². The van der Waals surface area contributed by atoms with Crippen molar-refractivity contribution in [3.8, 4) is 0 Å². The fraction of sp³-hybridized carbons (Fsp3) is 0.342. The van der Waals surface area contributed by atoms with E-state index in [1.807, 2.05) is 25.1 Å². The smallest absolute Gasteiger partial charge is 0.227 e. The lowest BCUT2D eigenvalue weighted by atomic mass is 9.75. The lowest BCUT2D eigenvalue weighted by molar-refractivity contribution is 0.441. The minimum Gasteiger partial charge on any atom is -0.437 e. The van der Waals surface area contributed by atoms with Crippen molar-refractivity contribution < 1.29 is 4.42 Å². The number of nitrogens with zero attached hydrogens (tertiary/aromatic N) is 3. The van der Waals surface area contributed by atoms with Crippen LogP contribution in [0.3, 0.4) is 0 Å². The first-order chi connectivity index (χ1) is 20.4. The highest BCUT2D eigenvalue weighted by Gasteiger charge is 2.33. The number of aromatic nitrogens is 1. The van der Waals surface area contributed by atoms with Gasteiger partial charge >= 0.3 is 0 Å². The number of hydrogen-bond donors (Lipinski definition) is 0. The van der Waals surface area contributed by atoms with Gasteiger partial charge in [0, 0.05) is 45.8 Å². The third-order valence-electron chi connectivity index (χ3n) is 9.43. The van der Waals surface area contributed by atoms with Gasteiger partial charge in [0.05, 0.1) is 17.5 Å². The molecule has 0 saturated heterocycles. The molecule has 2 atom stereocenters. The molecular formula is C38H41N3O. The molecule has 1 fully saturated rings. The lowest BCUT2D eigenvalue weighted by Gasteiger charge is -2.34. The van der Waals surface area contributed by atoms with E-state index in [0.717, 1.165) is 63.5 Å². The summed E-state index contributed by atoms with van der Waals surface area (Å²) in [5.74, 6) is 1.66. The zero-order valence-electron chi connectivity index (χ0n) is 25.1. The molecule has 3 aromatic rings. The van der Waals surface area contributed by atoms with Crippen LogP contribution in [0.25, 0.3) is 16.7 Å². The molecule has 1 aliphatic carbocycles. The Morgan fingerprint density at radius 2 is 1.69 bits per heavy atom. The van der Waals surface area contributed by atoms with E-state index < -0.39 is 0 Å². The van der Waals surface area contributed by atoms with Crippen LogP contribution in [0.2, 0.25) is 0 Å². The van der Waals surface area contributed by atoms with Gasteiger partial charge in [-0.2, -0.15) is 0 Å². The second-order valence-corrected chi connectivity index (χ2v) is 12.1. The van der Waals surface area contributed by atoms with E-state index in [2.05, 4.69) is 62.5 Å². The molecule has 0 N–H and O–H groups in total. The third-order valence-corrected chi connectivity index (χ3v) is 9.43. The number of rotatable bonds is 5. The van der Waals surface area contributed by atoms with Crippen molar-refractivity contribution in [2.75, 3.05) is 0 Å². The maximum atomic E-state index is 6.45. The Morgan fingerprint density at radius 1 is 0.905 bits per heavy atom. The molecule has 6 rings (SSSR count). The maximum absolute atomic E-state index is 6.45. The van der Waals surface area contributed by atoms with Gasteiger partial charge in [-0.15, -0.1) is 0 Å². The summed E-state index contributed by atoms with van der Waals surface area (Å²) in [6, 6.07) is 11.3. The van der Waals surface area contributed by atoms with E-state index in [1.54, 1.807) is 6.08 Å². The monoisotopic (exact) mass is 555 g/mol. The Morgan fingerprint density at radius 3 is 2.43 bits per heavy atom. The van der Waals surface area contributed by atoms with Gasteiger partial charge in [0.2, 0.25) is 5.71 Å². The normalized spacial score (nSPS) is 24.7. The summed E-state index contributed by atoms with van der Waals surface area (Å²) < 4.78 is 6.45. The Hall–Kier alpha value is -4.05. The summed E-state index contributed by atoms with van der Waals surface area (Å²) in [6.07, 6.45) is 14.6. The summed E-state index contributed by atoms with van der Waals surface area (Å²) in [6.45, 7) is 21.0. The molecule has 4 heterocycles. The summed E-state index contributed by atoms with van der Waals surface area (Å²) in [5.41, 5.74) is 11.2. The number of benzene rings is 1. The van der Waals surface area contributed by atoms with Crippen molar-refractivity contribution in [3.05, 3.63) is 120 Å². The Bertz CT molecular complexity index is 1690. The summed E-state index contributed by atoms with van der Waals surface area (Å²) in [5, 5.41) is 1.01. The van der Waals surface area contributed by atoms with Crippen LogP contribution in [0.5, 0.6) is 0 Å². The average Bonchev–Trinajstić information content (AvgIpc) is 3.32. The Kier molecular flexibility index (Phi) is 7.81. The number of hydrogen-bond acceptors (Lipinski definition) is 4. The first-order valence-corrected chi connectivity index (χ1v) is 15.4. The highest BCUT2D eigenvalue weighted by atomic mass is 16.3. The molecule has 0 radical (unpaired) electrons. The number of furan rings is 1.